The highest BCUT2D eigenvalue weighted by Gasteiger charge is 2.25. The van der Waals surface area contributed by atoms with Gasteiger partial charge in [-0.3, -0.25) is 18.6 Å². The van der Waals surface area contributed by atoms with Crippen LogP contribution in [0.1, 0.15) is 117 Å². The summed E-state index contributed by atoms with van der Waals surface area (Å²) in [5.41, 5.74) is 0. The third-order valence-electron chi connectivity index (χ3n) is 7.96. The Kier molecular flexibility index (Phi) is 40.9. The second-order valence-corrected chi connectivity index (χ2v) is 15.1. The molecule has 0 rings (SSSR count). The topological polar surface area (TPSA) is 149 Å². The first-order chi connectivity index (χ1) is 29.7. The lowest BCUT2D eigenvalue weighted by atomic mass is 10.2. The van der Waals surface area contributed by atoms with Gasteiger partial charge in [0, 0.05) is 12.8 Å². The first kappa shape index (κ1) is 56.9. The third kappa shape index (κ3) is 45.2. The molecule has 0 fully saturated rings. The molecule has 0 bridgehead atoms. The summed E-state index contributed by atoms with van der Waals surface area (Å²) < 4.78 is 31.6. The molecule has 0 aromatic heterocycles. The highest BCUT2D eigenvalue weighted by atomic mass is 31.2. The van der Waals surface area contributed by atoms with Crippen molar-refractivity contribution >= 4 is 19.8 Å². The smallest absolute Gasteiger partial charge is 0.463 e. The van der Waals surface area contributed by atoms with Crippen molar-refractivity contribution in [1.82, 2.24) is 0 Å². The summed E-state index contributed by atoms with van der Waals surface area (Å²) >= 11 is 0. The first-order valence-corrected chi connectivity index (χ1v) is 23.3. The minimum atomic E-state index is -4.65. The number of esters is 2. The van der Waals surface area contributed by atoms with Crippen LogP contribution in [0, 0.1) is 0 Å². The van der Waals surface area contributed by atoms with E-state index in [1.165, 1.54) is 0 Å². The monoisotopic (exact) mass is 867 g/mol. The molecule has 61 heavy (non-hydrogen) atoms. The fourth-order valence-electron chi connectivity index (χ4n) is 4.70. The highest BCUT2D eigenvalue weighted by molar-refractivity contribution is 7.47. The van der Waals surface area contributed by atoms with Gasteiger partial charge in [0.2, 0.25) is 0 Å². The number of aliphatic hydroxyl groups is 2. The number of carbonyl (C=O) groups excluding carboxylic acids is 2. The molecule has 0 amide bonds. The van der Waals surface area contributed by atoms with E-state index in [9.17, 15) is 29.3 Å². The van der Waals surface area contributed by atoms with Gasteiger partial charge in [0.15, 0.2) is 0 Å². The Labute approximate surface area is 367 Å². The van der Waals surface area contributed by atoms with Gasteiger partial charge in [-0.05, 0) is 89.9 Å². The van der Waals surface area contributed by atoms with Gasteiger partial charge in [-0.2, -0.15) is 0 Å². The number of rotatable bonds is 38. The lowest BCUT2D eigenvalue weighted by Gasteiger charge is -2.17. The van der Waals surface area contributed by atoms with Crippen LogP contribution in [-0.2, 0) is 32.7 Å². The number of hydrogen-bond donors (Lipinski definition) is 3. The third-order valence-corrected chi connectivity index (χ3v) is 8.91. The maximum absolute atomic E-state index is 12.1. The quantitative estimate of drug-likeness (QED) is 0.0311. The van der Waals surface area contributed by atoms with E-state index < -0.39 is 58.4 Å². The lowest BCUT2D eigenvalue weighted by Crippen LogP contribution is -2.25. The molecular formula is C50H75O10P. The van der Waals surface area contributed by atoms with Crippen LogP contribution < -0.4 is 0 Å². The van der Waals surface area contributed by atoms with Crippen LogP contribution in [0.25, 0.3) is 0 Å². The van der Waals surface area contributed by atoms with Crippen LogP contribution in [-0.4, -0.2) is 65.7 Å². The normalized spacial score (nSPS) is 14.4. The van der Waals surface area contributed by atoms with Crippen LogP contribution in [0.5, 0.6) is 0 Å². The Bertz CT molecular complexity index is 1400. The molecule has 3 N–H and O–H groups in total. The Morgan fingerprint density at radius 3 is 0.885 bits per heavy atom. The molecule has 2 atom stereocenters. The molecule has 0 unspecified atom stereocenters. The second kappa shape index (κ2) is 43.9. The van der Waals surface area contributed by atoms with Crippen molar-refractivity contribution in [3.05, 3.63) is 146 Å². The fraction of sp³-hybridized carbons (Fsp3) is 0.480. The van der Waals surface area contributed by atoms with Crippen molar-refractivity contribution < 1.29 is 47.8 Å². The summed E-state index contributed by atoms with van der Waals surface area (Å²) in [5.74, 6) is -1.06. The molecule has 0 saturated heterocycles. The van der Waals surface area contributed by atoms with Crippen molar-refractivity contribution in [3.63, 3.8) is 0 Å². The van der Waals surface area contributed by atoms with Crippen LogP contribution in [0.15, 0.2) is 146 Å². The van der Waals surface area contributed by atoms with E-state index in [-0.39, 0.29) is 12.8 Å². The number of allylic oxidation sites excluding steroid dienone is 24. The predicted molar refractivity (Wildman–Crippen MR) is 251 cm³/mol. The Hall–Kier alpha value is -4.15. The van der Waals surface area contributed by atoms with Crippen molar-refractivity contribution in [2.75, 3.05) is 26.4 Å². The molecule has 0 radical (unpaired) electrons. The van der Waals surface area contributed by atoms with Crippen molar-refractivity contribution in [2.45, 2.75) is 129 Å². The van der Waals surface area contributed by atoms with Crippen LogP contribution in [0.2, 0.25) is 0 Å². The largest absolute Gasteiger partial charge is 0.472 e. The zero-order valence-electron chi connectivity index (χ0n) is 36.8. The van der Waals surface area contributed by atoms with Gasteiger partial charge in [-0.25, -0.2) is 4.57 Å². The minimum absolute atomic E-state index is 0.113. The van der Waals surface area contributed by atoms with E-state index in [0.717, 1.165) is 77.0 Å². The van der Waals surface area contributed by atoms with Gasteiger partial charge >= 0.3 is 19.8 Å². The molecule has 0 aliphatic carbocycles. The summed E-state index contributed by atoms with van der Waals surface area (Å²) in [6, 6.07) is 0. The van der Waals surface area contributed by atoms with Gasteiger partial charge in [-0.1, -0.05) is 160 Å². The maximum Gasteiger partial charge on any atom is 0.472 e. The summed E-state index contributed by atoms with van der Waals surface area (Å²) in [6.45, 7) is 2.11. The molecule has 0 aromatic rings. The number of carbonyl (C=O) groups is 2. The van der Waals surface area contributed by atoms with Gasteiger partial charge in [-0.15, -0.1) is 0 Å². The van der Waals surface area contributed by atoms with Gasteiger partial charge in [0.1, 0.15) is 25.4 Å². The van der Waals surface area contributed by atoms with E-state index >= 15 is 0 Å². The Morgan fingerprint density at radius 1 is 0.410 bits per heavy atom. The molecule has 11 heteroatoms. The molecule has 10 nitrogen and oxygen atoms in total. The number of ether oxygens (including phenoxy) is 2. The average Bonchev–Trinajstić information content (AvgIpc) is 3.25. The predicted octanol–water partition coefficient (Wildman–Crippen LogP) is 11.9. The van der Waals surface area contributed by atoms with E-state index in [1.807, 2.05) is 24.3 Å². The number of aliphatic hydroxyl groups excluding tert-OH is 2. The van der Waals surface area contributed by atoms with Gasteiger partial charge < -0.3 is 24.6 Å². The van der Waals surface area contributed by atoms with E-state index in [4.69, 9.17) is 18.5 Å². The van der Waals surface area contributed by atoms with E-state index in [0.29, 0.717) is 12.8 Å². The summed E-state index contributed by atoms with van der Waals surface area (Å²) in [7, 11) is -4.65. The molecule has 0 aromatic carbocycles. The molecule has 0 saturated carbocycles. The van der Waals surface area contributed by atoms with E-state index in [1.54, 1.807) is 0 Å². The number of phosphoric acid groups is 1. The molecule has 0 spiro atoms. The zero-order chi connectivity index (χ0) is 44.8. The summed E-state index contributed by atoms with van der Waals surface area (Å²) in [6.07, 6.45) is 60.0. The summed E-state index contributed by atoms with van der Waals surface area (Å²) in [5, 5.41) is 20.0. The molecule has 0 aliphatic heterocycles. The number of hydrogen-bond acceptors (Lipinski definition) is 9. The second-order valence-electron chi connectivity index (χ2n) is 13.6. The summed E-state index contributed by atoms with van der Waals surface area (Å²) in [4.78, 5) is 33.8. The lowest BCUT2D eigenvalue weighted by molar-refractivity contribution is -0.147. The molecular weight excluding hydrogens is 792 g/mol. The number of phosphoric ester groups is 1. The van der Waals surface area contributed by atoms with Crippen LogP contribution >= 0.6 is 7.82 Å². The van der Waals surface area contributed by atoms with Crippen molar-refractivity contribution in [1.29, 1.82) is 0 Å². The molecule has 0 aliphatic rings. The van der Waals surface area contributed by atoms with Crippen molar-refractivity contribution in [3.8, 4) is 0 Å². The highest BCUT2D eigenvalue weighted by Crippen LogP contribution is 2.43. The average molecular weight is 867 g/mol. The van der Waals surface area contributed by atoms with Crippen molar-refractivity contribution in [2.24, 2.45) is 0 Å². The molecule has 0 heterocycles. The Morgan fingerprint density at radius 2 is 0.639 bits per heavy atom. The standard InChI is InChI=1S/C50H75O10P/c1-3-5-7-9-11-13-15-17-19-21-23-25-27-29-31-33-35-37-39-41-49(53)57-43-47(51)45-59-61(55,56)60-46-48(52)44-58-50(54)42-40-38-36-34-32-30-28-26-24-22-20-18-16-14-12-10-8-6-4-2/h5-8,11-14,17-20,23-26,29-32,35-38,47-48,51-52H,3-4,9-10,15-16,21-22,27-28,33-34,39-46H2,1-2H3,(H,55,56)/b7-5-,8-6-,13-11-,14-12-,19-17-,20-18-,25-23-,26-24-,31-29-,32-30-,37-35-,38-36-/t47-,48-/m1/s1. The maximum atomic E-state index is 12.1. The van der Waals surface area contributed by atoms with Gasteiger partial charge in [0.05, 0.1) is 13.2 Å². The fourth-order valence-corrected chi connectivity index (χ4v) is 5.49. The zero-order valence-corrected chi connectivity index (χ0v) is 37.7. The van der Waals surface area contributed by atoms with Crippen LogP contribution in [0.4, 0.5) is 0 Å². The Balaban J connectivity index is 3.92. The minimum Gasteiger partial charge on any atom is -0.463 e. The molecule has 340 valence electrons. The van der Waals surface area contributed by atoms with Crippen LogP contribution in [0.3, 0.4) is 0 Å². The van der Waals surface area contributed by atoms with E-state index in [2.05, 4.69) is 135 Å². The first-order valence-electron chi connectivity index (χ1n) is 21.8. The van der Waals surface area contributed by atoms with Gasteiger partial charge in [0.25, 0.3) is 0 Å². The SMILES string of the molecule is CC/C=C\C/C=C\C/C=C\C/C=C\C/C=C\C/C=C\CCC(=O)OC[C@@H](O)COP(=O)(O)OC[C@H](O)COC(=O)CC/C=C\C/C=C\C/C=C\C/C=C\C/C=C\C/C=C\CC.